The summed E-state index contributed by atoms with van der Waals surface area (Å²) in [6.45, 7) is 2.66. The van der Waals surface area contributed by atoms with Gasteiger partial charge in [-0.05, 0) is 12.1 Å². The lowest BCUT2D eigenvalue weighted by Gasteiger charge is -2.07. The fraction of sp³-hybridized carbons (Fsp3) is 0.273. The molecular weight excluding hydrogens is 174 g/mol. The Labute approximate surface area is 83.0 Å². The SMILES string of the molecule is CC(CN)c1cnc2ccccc2n1. The van der Waals surface area contributed by atoms with E-state index in [4.69, 9.17) is 5.73 Å². The topological polar surface area (TPSA) is 51.8 Å². The largest absolute Gasteiger partial charge is 0.330 e. The molecule has 2 aromatic rings. The van der Waals surface area contributed by atoms with Crippen molar-refractivity contribution < 1.29 is 0 Å². The van der Waals surface area contributed by atoms with Crippen LogP contribution in [0.15, 0.2) is 30.5 Å². The van der Waals surface area contributed by atoms with E-state index in [1.165, 1.54) is 0 Å². The zero-order chi connectivity index (χ0) is 9.97. The lowest BCUT2D eigenvalue weighted by molar-refractivity contribution is 0.745. The first kappa shape index (κ1) is 9.09. The average Bonchev–Trinajstić information content (AvgIpc) is 2.27. The van der Waals surface area contributed by atoms with Crippen LogP contribution >= 0.6 is 0 Å². The molecule has 0 saturated heterocycles. The molecule has 0 aliphatic rings. The van der Waals surface area contributed by atoms with Gasteiger partial charge in [0.1, 0.15) is 0 Å². The van der Waals surface area contributed by atoms with Gasteiger partial charge in [-0.3, -0.25) is 4.98 Å². The molecule has 2 rings (SSSR count). The smallest absolute Gasteiger partial charge is 0.0890 e. The maximum Gasteiger partial charge on any atom is 0.0890 e. The molecule has 0 bridgehead atoms. The minimum Gasteiger partial charge on any atom is -0.330 e. The van der Waals surface area contributed by atoms with Crippen LogP contribution in [-0.2, 0) is 0 Å². The van der Waals surface area contributed by atoms with Crippen LogP contribution < -0.4 is 5.73 Å². The molecule has 1 unspecified atom stereocenters. The van der Waals surface area contributed by atoms with Gasteiger partial charge >= 0.3 is 0 Å². The molecule has 2 N–H and O–H groups in total. The first-order valence-corrected chi connectivity index (χ1v) is 4.73. The molecule has 0 fully saturated rings. The summed E-state index contributed by atoms with van der Waals surface area (Å²) < 4.78 is 0. The van der Waals surface area contributed by atoms with Crippen LogP contribution in [0.5, 0.6) is 0 Å². The highest BCUT2D eigenvalue weighted by Crippen LogP contribution is 2.14. The Morgan fingerprint density at radius 3 is 2.71 bits per heavy atom. The molecular formula is C11H13N3. The van der Waals surface area contributed by atoms with Gasteiger partial charge in [0.25, 0.3) is 0 Å². The number of hydrogen-bond acceptors (Lipinski definition) is 3. The second kappa shape index (κ2) is 3.72. The minimum absolute atomic E-state index is 0.270. The van der Waals surface area contributed by atoms with E-state index in [2.05, 4.69) is 16.9 Å². The second-order valence-corrected chi connectivity index (χ2v) is 3.42. The molecule has 0 aliphatic heterocycles. The van der Waals surface area contributed by atoms with Crippen molar-refractivity contribution in [2.24, 2.45) is 5.73 Å². The standard InChI is InChI=1S/C11H13N3/c1-8(6-12)11-7-13-9-4-2-3-5-10(9)14-11/h2-5,7-8H,6,12H2,1H3. The van der Waals surface area contributed by atoms with E-state index in [0.717, 1.165) is 16.7 Å². The summed E-state index contributed by atoms with van der Waals surface area (Å²) in [6, 6.07) is 7.85. The van der Waals surface area contributed by atoms with Crippen molar-refractivity contribution in [1.82, 2.24) is 9.97 Å². The van der Waals surface area contributed by atoms with Crippen molar-refractivity contribution in [3.63, 3.8) is 0 Å². The summed E-state index contributed by atoms with van der Waals surface area (Å²) in [5, 5.41) is 0. The Morgan fingerprint density at radius 2 is 2.00 bits per heavy atom. The predicted molar refractivity (Wildman–Crippen MR) is 57.0 cm³/mol. The molecule has 1 heterocycles. The number of fused-ring (bicyclic) bond motifs is 1. The zero-order valence-electron chi connectivity index (χ0n) is 8.14. The van der Waals surface area contributed by atoms with Crippen LogP contribution in [0, 0.1) is 0 Å². The summed E-state index contributed by atoms with van der Waals surface area (Å²) in [5.74, 6) is 0.270. The Hall–Kier alpha value is -1.48. The fourth-order valence-corrected chi connectivity index (χ4v) is 1.33. The van der Waals surface area contributed by atoms with Crippen LogP contribution in [0.3, 0.4) is 0 Å². The molecule has 14 heavy (non-hydrogen) atoms. The molecule has 0 radical (unpaired) electrons. The average molecular weight is 187 g/mol. The number of aromatic nitrogens is 2. The zero-order valence-corrected chi connectivity index (χ0v) is 8.14. The van der Waals surface area contributed by atoms with E-state index in [-0.39, 0.29) is 5.92 Å². The lowest BCUT2D eigenvalue weighted by Crippen LogP contribution is -2.10. The van der Waals surface area contributed by atoms with Gasteiger partial charge in [-0.1, -0.05) is 19.1 Å². The second-order valence-electron chi connectivity index (χ2n) is 3.42. The lowest BCUT2D eigenvalue weighted by atomic mass is 10.1. The highest BCUT2D eigenvalue weighted by molar-refractivity contribution is 5.73. The third kappa shape index (κ3) is 1.59. The number of benzene rings is 1. The van der Waals surface area contributed by atoms with Crippen molar-refractivity contribution in [1.29, 1.82) is 0 Å². The van der Waals surface area contributed by atoms with Crippen molar-refractivity contribution in [2.75, 3.05) is 6.54 Å². The third-order valence-electron chi connectivity index (χ3n) is 2.33. The summed E-state index contributed by atoms with van der Waals surface area (Å²) in [6.07, 6.45) is 1.81. The van der Waals surface area contributed by atoms with E-state index < -0.39 is 0 Å². The summed E-state index contributed by atoms with van der Waals surface area (Å²) >= 11 is 0. The molecule has 3 heteroatoms. The third-order valence-corrected chi connectivity index (χ3v) is 2.33. The van der Waals surface area contributed by atoms with E-state index in [0.29, 0.717) is 6.54 Å². The number of nitrogens with two attached hydrogens (primary N) is 1. The molecule has 1 atom stereocenters. The maximum absolute atomic E-state index is 5.58. The van der Waals surface area contributed by atoms with Crippen LogP contribution in [-0.4, -0.2) is 16.5 Å². The molecule has 3 nitrogen and oxygen atoms in total. The Bertz CT molecular complexity index is 439. The number of rotatable bonds is 2. The quantitative estimate of drug-likeness (QED) is 0.778. The van der Waals surface area contributed by atoms with Crippen LogP contribution in [0.4, 0.5) is 0 Å². The summed E-state index contributed by atoms with van der Waals surface area (Å²) in [4.78, 5) is 8.84. The molecule has 72 valence electrons. The van der Waals surface area contributed by atoms with E-state index in [1.54, 1.807) is 6.20 Å². The minimum atomic E-state index is 0.270. The van der Waals surface area contributed by atoms with Gasteiger partial charge in [0.05, 0.1) is 16.7 Å². The Kier molecular flexibility index (Phi) is 2.41. The number of para-hydroxylation sites is 2. The van der Waals surface area contributed by atoms with Gasteiger partial charge in [0.15, 0.2) is 0 Å². The number of nitrogens with zero attached hydrogens (tertiary/aromatic N) is 2. The molecule has 0 aliphatic carbocycles. The number of hydrogen-bond donors (Lipinski definition) is 1. The predicted octanol–water partition coefficient (Wildman–Crippen LogP) is 1.69. The summed E-state index contributed by atoms with van der Waals surface area (Å²) in [5.41, 5.74) is 8.41. The Balaban J connectivity index is 2.51. The first-order valence-electron chi connectivity index (χ1n) is 4.73. The molecule has 0 amide bonds. The van der Waals surface area contributed by atoms with Crippen LogP contribution in [0.1, 0.15) is 18.5 Å². The molecule has 0 spiro atoms. The van der Waals surface area contributed by atoms with Gasteiger partial charge in [0, 0.05) is 18.7 Å². The monoisotopic (exact) mass is 187 g/mol. The first-order chi connectivity index (χ1) is 6.81. The van der Waals surface area contributed by atoms with E-state index in [9.17, 15) is 0 Å². The molecule has 1 aromatic heterocycles. The normalized spacial score (nSPS) is 13.0. The fourth-order valence-electron chi connectivity index (χ4n) is 1.33. The van der Waals surface area contributed by atoms with Gasteiger partial charge in [-0.15, -0.1) is 0 Å². The van der Waals surface area contributed by atoms with Crippen molar-refractivity contribution in [3.05, 3.63) is 36.2 Å². The van der Waals surface area contributed by atoms with Crippen LogP contribution in [0.25, 0.3) is 11.0 Å². The maximum atomic E-state index is 5.58. The van der Waals surface area contributed by atoms with E-state index in [1.807, 2.05) is 24.3 Å². The highest BCUT2D eigenvalue weighted by atomic mass is 14.8. The molecule has 1 aromatic carbocycles. The van der Waals surface area contributed by atoms with E-state index >= 15 is 0 Å². The van der Waals surface area contributed by atoms with Crippen molar-refractivity contribution >= 4 is 11.0 Å². The van der Waals surface area contributed by atoms with Gasteiger partial charge in [-0.2, -0.15) is 0 Å². The van der Waals surface area contributed by atoms with Gasteiger partial charge < -0.3 is 5.73 Å². The highest BCUT2D eigenvalue weighted by Gasteiger charge is 2.05. The van der Waals surface area contributed by atoms with Crippen molar-refractivity contribution in [3.8, 4) is 0 Å². The summed E-state index contributed by atoms with van der Waals surface area (Å²) in [7, 11) is 0. The Morgan fingerprint density at radius 1 is 1.29 bits per heavy atom. The van der Waals surface area contributed by atoms with Gasteiger partial charge in [0.2, 0.25) is 0 Å². The van der Waals surface area contributed by atoms with Crippen LogP contribution in [0.2, 0.25) is 0 Å². The van der Waals surface area contributed by atoms with Gasteiger partial charge in [-0.25, -0.2) is 4.98 Å². The molecule has 0 saturated carbocycles. The van der Waals surface area contributed by atoms with Crippen molar-refractivity contribution in [2.45, 2.75) is 12.8 Å².